The number of alkyl carbamates (subject to hydrolysis) is 1. The number of ether oxygens (including phenoxy) is 2. The highest BCUT2D eigenvalue weighted by molar-refractivity contribution is 7.91. The fourth-order valence-electron chi connectivity index (χ4n) is 2.87. The van der Waals surface area contributed by atoms with Crippen molar-refractivity contribution < 1.29 is 27.1 Å². The maximum atomic E-state index is 13.4. The van der Waals surface area contributed by atoms with Crippen LogP contribution in [0, 0.1) is 5.82 Å². The molecular formula is C19H20FNO5S. The topological polar surface area (TPSA) is 81.7 Å². The Bertz CT molecular complexity index is 945. The number of benzene rings is 2. The number of aryl methyl sites for hydroxylation is 1. The van der Waals surface area contributed by atoms with Crippen LogP contribution in [-0.4, -0.2) is 33.8 Å². The molecule has 0 saturated carbocycles. The van der Waals surface area contributed by atoms with Gasteiger partial charge in [0.25, 0.3) is 0 Å². The lowest BCUT2D eigenvalue weighted by atomic mass is 10.0. The van der Waals surface area contributed by atoms with Gasteiger partial charge in [-0.15, -0.1) is 0 Å². The molecule has 2 aromatic carbocycles. The van der Waals surface area contributed by atoms with Crippen LogP contribution >= 0.6 is 0 Å². The van der Waals surface area contributed by atoms with E-state index in [0.717, 1.165) is 11.6 Å². The van der Waals surface area contributed by atoms with Crippen molar-refractivity contribution in [3.8, 4) is 5.75 Å². The minimum absolute atomic E-state index is 0.0332. The molecule has 0 spiro atoms. The SMILES string of the molecule is CCOC(=O)NC[C@H]1CCc2ccc(S(=O)(=O)c3cccc(F)c3)cc2O1. The summed E-state index contributed by atoms with van der Waals surface area (Å²) in [6.07, 6.45) is 0.587. The van der Waals surface area contributed by atoms with E-state index < -0.39 is 21.7 Å². The van der Waals surface area contributed by atoms with Crippen LogP contribution in [0.25, 0.3) is 0 Å². The van der Waals surface area contributed by atoms with E-state index in [-0.39, 0.29) is 29.0 Å². The Morgan fingerprint density at radius 2 is 2.04 bits per heavy atom. The summed E-state index contributed by atoms with van der Waals surface area (Å²) in [4.78, 5) is 11.3. The van der Waals surface area contributed by atoms with Gasteiger partial charge in [0.2, 0.25) is 9.84 Å². The van der Waals surface area contributed by atoms with Crippen molar-refractivity contribution in [1.82, 2.24) is 5.32 Å². The van der Waals surface area contributed by atoms with E-state index in [4.69, 9.17) is 9.47 Å². The van der Waals surface area contributed by atoms with E-state index >= 15 is 0 Å². The van der Waals surface area contributed by atoms with Crippen LogP contribution < -0.4 is 10.1 Å². The highest BCUT2D eigenvalue weighted by atomic mass is 32.2. The lowest BCUT2D eigenvalue weighted by molar-refractivity contribution is 0.135. The Kier molecular flexibility index (Phi) is 5.65. The number of nitrogens with one attached hydrogen (secondary N) is 1. The largest absolute Gasteiger partial charge is 0.488 e. The molecule has 8 heteroatoms. The van der Waals surface area contributed by atoms with Gasteiger partial charge in [0, 0.05) is 0 Å². The van der Waals surface area contributed by atoms with Crippen LogP contribution in [0.2, 0.25) is 0 Å². The molecule has 0 saturated heterocycles. The summed E-state index contributed by atoms with van der Waals surface area (Å²) >= 11 is 0. The molecule has 1 aliphatic heterocycles. The zero-order valence-electron chi connectivity index (χ0n) is 14.8. The maximum Gasteiger partial charge on any atom is 0.407 e. The number of rotatable bonds is 5. The highest BCUT2D eigenvalue weighted by Crippen LogP contribution is 2.32. The summed E-state index contributed by atoms with van der Waals surface area (Å²) in [5, 5.41) is 2.61. The monoisotopic (exact) mass is 393 g/mol. The van der Waals surface area contributed by atoms with Gasteiger partial charge in [-0.2, -0.15) is 0 Å². The fraction of sp³-hybridized carbons (Fsp3) is 0.316. The predicted molar refractivity (Wildman–Crippen MR) is 96.1 cm³/mol. The first-order valence-corrected chi connectivity index (χ1v) is 10.1. The third-order valence-electron chi connectivity index (χ3n) is 4.23. The number of halogens is 1. The number of hydrogen-bond donors (Lipinski definition) is 1. The van der Waals surface area contributed by atoms with E-state index in [9.17, 15) is 17.6 Å². The van der Waals surface area contributed by atoms with Gasteiger partial charge in [0.1, 0.15) is 17.7 Å². The van der Waals surface area contributed by atoms with Crippen molar-refractivity contribution in [2.75, 3.05) is 13.2 Å². The standard InChI is InChI=1S/C19H20FNO5S/c1-2-25-19(22)21-12-15-8-6-13-7-9-17(11-18(13)26-15)27(23,24)16-5-3-4-14(20)10-16/h3-5,7,9-11,15H,2,6,8,12H2,1H3,(H,21,22)/t15-/m1/s1. The van der Waals surface area contributed by atoms with Crippen LogP contribution in [0.5, 0.6) is 5.75 Å². The summed E-state index contributed by atoms with van der Waals surface area (Å²) in [7, 11) is -3.86. The Balaban J connectivity index is 1.78. The second-order valence-electron chi connectivity index (χ2n) is 6.11. The molecule has 2 aromatic rings. The quantitative estimate of drug-likeness (QED) is 0.844. The summed E-state index contributed by atoms with van der Waals surface area (Å²) in [6, 6.07) is 9.54. The normalized spacial score (nSPS) is 16.1. The number of amides is 1. The molecule has 1 atom stereocenters. The molecule has 0 aliphatic carbocycles. The zero-order chi connectivity index (χ0) is 19.4. The molecule has 0 radical (unpaired) electrons. The third kappa shape index (κ3) is 4.39. The average Bonchev–Trinajstić information content (AvgIpc) is 2.66. The van der Waals surface area contributed by atoms with Crippen molar-refractivity contribution in [3.63, 3.8) is 0 Å². The molecule has 144 valence electrons. The summed E-state index contributed by atoms with van der Waals surface area (Å²) in [5.41, 5.74) is 0.889. The van der Waals surface area contributed by atoms with E-state index in [1.165, 1.54) is 30.3 Å². The van der Waals surface area contributed by atoms with Crippen LogP contribution in [0.3, 0.4) is 0 Å². The van der Waals surface area contributed by atoms with Crippen LogP contribution in [0.1, 0.15) is 18.9 Å². The lowest BCUT2D eigenvalue weighted by Crippen LogP contribution is -2.37. The Morgan fingerprint density at radius 1 is 1.26 bits per heavy atom. The number of carbonyl (C=O) groups is 1. The van der Waals surface area contributed by atoms with Gasteiger partial charge in [0.05, 0.1) is 22.9 Å². The van der Waals surface area contributed by atoms with Gasteiger partial charge < -0.3 is 14.8 Å². The average molecular weight is 393 g/mol. The van der Waals surface area contributed by atoms with Crippen molar-refractivity contribution in [2.45, 2.75) is 35.7 Å². The third-order valence-corrected chi connectivity index (χ3v) is 5.98. The molecule has 1 heterocycles. The van der Waals surface area contributed by atoms with Crippen LogP contribution in [0.15, 0.2) is 52.3 Å². The van der Waals surface area contributed by atoms with Gasteiger partial charge >= 0.3 is 6.09 Å². The number of hydrogen-bond acceptors (Lipinski definition) is 5. The molecule has 1 aliphatic rings. The Morgan fingerprint density at radius 3 is 2.78 bits per heavy atom. The molecule has 0 unspecified atom stereocenters. The second kappa shape index (κ2) is 7.96. The lowest BCUT2D eigenvalue weighted by Gasteiger charge is -2.26. The predicted octanol–water partition coefficient (Wildman–Crippen LogP) is 3.10. The second-order valence-corrected chi connectivity index (χ2v) is 8.06. The molecule has 0 bridgehead atoms. The van der Waals surface area contributed by atoms with Crippen LogP contribution in [0.4, 0.5) is 9.18 Å². The van der Waals surface area contributed by atoms with Crippen LogP contribution in [-0.2, 0) is 21.0 Å². The minimum atomic E-state index is -3.86. The van der Waals surface area contributed by atoms with Gasteiger partial charge in [-0.05, 0) is 55.7 Å². The van der Waals surface area contributed by atoms with E-state index in [1.807, 2.05) is 0 Å². The maximum absolute atomic E-state index is 13.4. The molecule has 1 amide bonds. The van der Waals surface area contributed by atoms with E-state index in [0.29, 0.717) is 18.6 Å². The van der Waals surface area contributed by atoms with Crippen molar-refractivity contribution in [2.24, 2.45) is 0 Å². The highest BCUT2D eigenvalue weighted by Gasteiger charge is 2.24. The van der Waals surface area contributed by atoms with E-state index in [1.54, 1.807) is 13.0 Å². The summed E-state index contributed by atoms with van der Waals surface area (Å²) < 4.78 is 49.6. The molecule has 0 fully saturated rings. The molecule has 1 N–H and O–H groups in total. The minimum Gasteiger partial charge on any atom is -0.488 e. The smallest absolute Gasteiger partial charge is 0.407 e. The fourth-order valence-corrected chi connectivity index (χ4v) is 4.17. The number of carbonyl (C=O) groups excluding carboxylic acids is 1. The van der Waals surface area contributed by atoms with E-state index in [2.05, 4.69) is 5.32 Å². The van der Waals surface area contributed by atoms with Gasteiger partial charge in [0.15, 0.2) is 0 Å². The van der Waals surface area contributed by atoms with Gasteiger partial charge in [-0.1, -0.05) is 12.1 Å². The summed E-state index contributed by atoms with van der Waals surface area (Å²) in [5.74, 6) is -0.162. The zero-order valence-corrected chi connectivity index (χ0v) is 15.6. The first-order chi connectivity index (χ1) is 12.9. The van der Waals surface area contributed by atoms with Gasteiger partial charge in [-0.3, -0.25) is 0 Å². The molecule has 6 nitrogen and oxygen atoms in total. The van der Waals surface area contributed by atoms with Crippen molar-refractivity contribution in [3.05, 3.63) is 53.8 Å². The molecule has 27 heavy (non-hydrogen) atoms. The molecule has 0 aromatic heterocycles. The number of sulfone groups is 1. The van der Waals surface area contributed by atoms with Gasteiger partial charge in [-0.25, -0.2) is 17.6 Å². The van der Waals surface area contributed by atoms with Crippen molar-refractivity contribution >= 4 is 15.9 Å². The molecule has 3 rings (SSSR count). The first-order valence-electron chi connectivity index (χ1n) is 8.61. The first kappa shape index (κ1) is 19.2. The number of fused-ring (bicyclic) bond motifs is 1. The Labute approximate surface area is 157 Å². The Hall–Kier alpha value is -2.61. The molecular weight excluding hydrogens is 373 g/mol. The van der Waals surface area contributed by atoms with Crippen molar-refractivity contribution in [1.29, 1.82) is 0 Å². The summed E-state index contributed by atoms with van der Waals surface area (Å²) in [6.45, 7) is 2.26.